The Kier molecular flexibility index (Phi) is 3.46. The van der Waals surface area contributed by atoms with Crippen LogP contribution in [0.3, 0.4) is 0 Å². The van der Waals surface area contributed by atoms with Crippen LogP contribution in [0, 0.1) is 5.92 Å². The summed E-state index contributed by atoms with van der Waals surface area (Å²) in [5.74, 6) is 0.915. The molecule has 1 saturated heterocycles. The molecule has 3 aliphatic rings. The minimum atomic E-state index is 0.217. The Labute approximate surface area is 132 Å². The predicted molar refractivity (Wildman–Crippen MR) is 88.0 cm³/mol. The van der Waals surface area contributed by atoms with Gasteiger partial charge in [0.25, 0.3) is 0 Å². The smallest absolute Gasteiger partial charge is 0.241 e. The Balaban J connectivity index is 1.42. The van der Waals surface area contributed by atoms with Crippen LogP contribution in [0.15, 0.2) is 24.3 Å². The lowest BCUT2D eigenvalue weighted by molar-refractivity contribution is -0.118. The number of hydrogen-bond donors (Lipinski definition) is 2. The first-order chi connectivity index (χ1) is 10.7. The first kappa shape index (κ1) is 14.2. The first-order valence-corrected chi connectivity index (χ1v) is 8.55. The van der Waals surface area contributed by atoms with Crippen LogP contribution in [0.2, 0.25) is 0 Å². The van der Waals surface area contributed by atoms with E-state index in [1.54, 1.807) is 0 Å². The largest absolute Gasteiger partial charge is 0.316 e. The molecular weight excluding hydrogens is 274 g/mol. The fourth-order valence-corrected chi connectivity index (χ4v) is 4.27. The second-order valence-electron chi connectivity index (χ2n) is 7.15. The minimum absolute atomic E-state index is 0.217. The molecule has 0 spiro atoms. The molecule has 4 nitrogen and oxygen atoms in total. The Morgan fingerprint density at radius 2 is 2.23 bits per heavy atom. The minimum Gasteiger partial charge on any atom is -0.316 e. The summed E-state index contributed by atoms with van der Waals surface area (Å²) in [7, 11) is 0. The lowest BCUT2D eigenvalue weighted by Gasteiger charge is -2.27. The zero-order chi connectivity index (χ0) is 15.2. The topological polar surface area (TPSA) is 44.4 Å². The molecule has 0 aromatic heterocycles. The second kappa shape index (κ2) is 5.36. The molecule has 118 valence electrons. The zero-order valence-corrected chi connectivity index (χ0v) is 13.3. The van der Waals surface area contributed by atoms with Crippen molar-refractivity contribution in [2.45, 2.75) is 44.2 Å². The quantitative estimate of drug-likeness (QED) is 0.889. The number of amides is 1. The molecule has 4 heteroatoms. The molecule has 2 N–H and O–H groups in total. The first-order valence-electron chi connectivity index (χ1n) is 8.55. The van der Waals surface area contributed by atoms with Gasteiger partial charge in [0.2, 0.25) is 5.91 Å². The van der Waals surface area contributed by atoms with Crippen LogP contribution >= 0.6 is 0 Å². The van der Waals surface area contributed by atoms with E-state index >= 15 is 0 Å². The number of para-hydroxylation sites is 1. The van der Waals surface area contributed by atoms with Gasteiger partial charge >= 0.3 is 0 Å². The third-order valence-electron chi connectivity index (χ3n) is 5.70. The van der Waals surface area contributed by atoms with E-state index in [4.69, 9.17) is 0 Å². The van der Waals surface area contributed by atoms with E-state index in [1.807, 2.05) is 11.0 Å². The molecule has 0 radical (unpaired) electrons. The van der Waals surface area contributed by atoms with Crippen LogP contribution in [0.1, 0.15) is 31.7 Å². The lowest BCUT2D eigenvalue weighted by Crippen LogP contribution is -2.47. The molecule has 2 aliphatic heterocycles. The maximum atomic E-state index is 12.8. The number of hydrogen-bond acceptors (Lipinski definition) is 3. The summed E-state index contributed by atoms with van der Waals surface area (Å²) < 4.78 is 0. The maximum absolute atomic E-state index is 12.8. The summed E-state index contributed by atoms with van der Waals surface area (Å²) in [5.41, 5.74) is 2.64. The fraction of sp³-hybridized carbons (Fsp3) is 0.611. The Morgan fingerprint density at radius 1 is 1.41 bits per heavy atom. The molecule has 2 heterocycles. The van der Waals surface area contributed by atoms with Crippen molar-refractivity contribution < 1.29 is 4.79 Å². The van der Waals surface area contributed by atoms with Crippen molar-refractivity contribution in [1.82, 2.24) is 10.6 Å². The number of rotatable bonds is 4. The highest BCUT2D eigenvalue weighted by Gasteiger charge is 2.50. The van der Waals surface area contributed by atoms with Gasteiger partial charge in [-0.15, -0.1) is 0 Å². The molecule has 1 aromatic rings. The van der Waals surface area contributed by atoms with E-state index in [9.17, 15) is 4.79 Å². The Bertz CT molecular complexity index is 575. The number of carbonyl (C=O) groups excluding carboxylic acids is 1. The summed E-state index contributed by atoms with van der Waals surface area (Å²) in [6, 6.07) is 8.57. The summed E-state index contributed by atoms with van der Waals surface area (Å²) in [4.78, 5) is 14.7. The molecule has 1 amide bonds. The molecular formula is C18H25N3O. The number of carbonyl (C=O) groups is 1. The van der Waals surface area contributed by atoms with Crippen molar-refractivity contribution in [2.75, 3.05) is 24.5 Å². The highest BCUT2D eigenvalue weighted by atomic mass is 16.2. The van der Waals surface area contributed by atoms with Gasteiger partial charge in [0.05, 0.1) is 6.54 Å². The average Bonchev–Trinajstić information content (AvgIpc) is 2.97. The third kappa shape index (κ3) is 2.34. The maximum Gasteiger partial charge on any atom is 0.241 e. The van der Waals surface area contributed by atoms with Crippen LogP contribution in [0.5, 0.6) is 0 Å². The van der Waals surface area contributed by atoms with E-state index in [2.05, 4.69) is 35.8 Å². The average molecular weight is 299 g/mol. The van der Waals surface area contributed by atoms with Gasteiger partial charge in [-0.2, -0.15) is 0 Å². The van der Waals surface area contributed by atoms with Crippen molar-refractivity contribution in [3.8, 4) is 0 Å². The number of nitrogens with one attached hydrogen (secondary N) is 2. The van der Waals surface area contributed by atoms with E-state index in [0.29, 0.717) is 12.5 Å². The van der Waals surface area contributed by atoms with Crippen LogP contribution in [0.4, 0.5) is 5.69 Å². The monoisotopic (exact) mass is 299 g/mol. The van der Waals surface area contributed by atoms with E-state index in [0.717, 1.165) is 25.2 Å². The molecule has 0 bridgehead atoms. The third-order valence-corrected chi connectivity index (χ3v) is 5.70. The molecule has 1 saturated carbocycles. The summed E-state index contributed by atoms with van der Waals surface area (Å²) >= 11 is 0. The number of benzene rings is 1. The molecule has 22 heavy (non-hydrogen) atoms. The summed E-state index contributed by atoms with van der Waals surface area (Å²) in [5, 5.41) is 7.05. The molecule has 1 aromatic carbocycles. The van der Waals surface area contributed by atoms with Crippen molar-refractivity contribution >= 4 is 11.6 Å². The van der Waals surface area contributed by atoms with Gasteiger partial charge in [0, 0.05) is 17.3 Å². The van der Waals surface area contributed by atoms with Crippen molar-refractivity contribution in [3.63, 3.8) is 0 Å². The molecule has 4 rings (SSSR count). The lowest BCUT2D eigenvalue weighted by atomic mass is 9.96. The molecule has 2 atom stereocenters. The standard InChI is InChI=1S/C18H25N3O/c1-13-10-14-4-2-3-5-16(14)21(13)17(22)12-20-18(7-8-18)15-6-9-19-11-15/h2-5,13,15,19-20H,6-12H2,1H3. The SMILES string of the molecule is CC1Cc2ccccc2N1C(=O)CNC1(C2CCNC2)CC1. The van der Waals surface area contributed by atoms with Crippen LogP contribution in [0.25, 0.3) is 0 Å². The van der Waals surface area contributed by atoms with E-state index < -0.39 is 0 Å². The summed E-state index contributed by atoms with van der Waals surface area (Å²) in [6.45, 7) is 4.84. The van der Waals surface area contributed by atoms with Crippen molar-refractivity contribution in [2.24, 2.45) is 5.92 Å². The van der Waals surface area contributed by atoms with Crippen LogP contribution in [-0.4, -0.2) is 37.1 Å². The van der Waals surface area contributed by atoms with Crippen molar-refractivity contribution in [3.05, 3.63) is 29.8 Å². The zero-order valence-electron chi connectivity index (χ0n) is 13.3. The molecule has 1 aliphatic carbocycles. The van der Waals surface area contributed by atoms with Gasteiger partial charge in [0.15, 0.2) is 0 Å². The van der Waals surface area contributed by atoms with Gasteiger partial charge in [-0.05, 0) is 63.2 Å². The molecule has 2 unspecified atom stereocenters. The molecule has 2 fully saturated rings. The summed E-state index contributed by atoms with van der Waals surface area (Å²) in [6.07, 6.45) is 4.65. The Morgan fingerprint density at radius 3 is 2.95 bits per heavy atom. The van der Waals surface area contributed by atoms with E-state index in [1.165, 1.54) is 24.8 Å². The number of fused-ring (bicyclic) bond motifs is 1. The van der Waals surface area contributed by atoms with Gasteiger partial charge in [0.1, 0.15) is 0 Å². The van der Waals surface area contributed by atoms with Gasteiger partial charge in [-0.3, -0.25) is 4.79 Å². The number of anilines is 1. The highest BCUT2D eigenvalue weighted by molar-refractivity contribution is 5.97. The van der Waals surface area contributed by atoms with Crippen molar-refractivity contribution in [1.29, 1.82) is 0 Å². The van der Waals surface area contributed by atoms with Crippen LogP contribution < -0.4 is 15.5 Å². The van der Waals surface area contributed by atoms with Gasteiger partial charge in [-0.1, -0.05) is 18.2 Å². The van der Waals surface area contributed by atoms with E-state index in [-0.39, 0.29) is 17.5 Å². The predicted octanol–water partition coefficient (Wildman–Crippen LogP) is 1.70. The highest BCUT2D eigenvalue weighted by Crippen LogP contribution is 2.44. The van der Waals surface area contributed by atoms with Gasteiger partial charge < -0.3 is 15.5 Å². The normalized spacial score (nSPS) is 28.7. The van der Waals surface area contributed by atoms with Gasteiger partial charge in [-0.25, -0.2) is 0 Å². The fourth-order valence-electron chi connectivity index (χ4n) is 4.27. The number of nitrogens with zero attached hydrogens (tertiary/aromatic N) is 1. The van der Waals surface area contributed by atoms with Crippen LogP contribution in [-0.2, 0) is 11.2 Å². The Hall–Kier alpha value is -1.39. The second-order valence-corrected chi connectivity index (χ2v) is 7.15.